The number of benzene rings is 4. The minimum Gasteiger partial charge on any atom is -0.463 e. The van der Waals surface area contributed by atoms with E-state index in [9.17, 15) is 0 Å². The van der Waals surface area contributed by atoms with Crippen LogP contribution in [0.25, 0.3) is 10.8 Å². The van der Waals surface area contributed by atoms with Crippen LogP contribution in [0.2, 0.25) is 10.0 Å². The summed E-state index contributed by atoms with van der Waals surface area (Å²) in [7, 11) is 0. The number of hydrazone groups is 1. The number of hydrogen-bond donors (Lipinski definition) is 0. The van der Waals surface area contributed by atoms with Crippen LogP contribution in [0, 0.1) is 0 Å². The van der Waals surface area contributed by atoms with Crippen molar-refractivity contribution >= 4 is 39.7 Å². The van der Waals surface area contributed by atoms with Gasteiger partial charge in [-0.25, -0.2) is 5.01 Å². The molecular formula is C27H18Cl2N2O3. The molecule has 3 aliphatic heterocycles. The second kappa shape index (κ2) is 7.55. The molecule has 3 aliphatic rings. The lowest BCUT2D eigenvalue weighted by molar-refractivity contribution is -0.0190. The third kappa shape index (κ3) is 3.11. The first kappa shape index (κ1) is 20.0. The van der Waals surface area contributed by atoms with Crippen molar-refractivity contribution in [3.8, 4) is 17.2 Å². The zero-order chi connectivity index (χ0) is 22.8. The summed E-state index contributed by atoms with van der Waals surface area (Å²) < 4.78 is 17.6. The standard InChI is InChI=1S/C27H18Cl2N2O3/c28-19-11-20-23-13-22(17-6-5-15-3-1-2-4-16(15)9-17)30-31(23)27(34-26(20)21(29)12-19)18-7-8-24-25(10-18)33-14-32-24/h1-12,23,27H,13-14H2/t23-,27+/m1/s1. The molecule has 0 bridgehead atoms. The Morgan fingerprint density at radius 1 is 0.853 bits per heavy atom. The molecule has 3 heterocycles. The van der Waals surface area contributed by atoms with Crippen molar-refractivity contribution in [1.82, 2.24) is 5.01 Å². The van der Waals surface area contributed by atoms with Crippen LogP contribution < -0.4 is 14.2 Å². The van der Waals surface area contributed by atoms with Crippen molar-refractivity contribution in [3.63, 3.8) is 0 Å². The monoisotopic (exact) mass is 488 g/mol. The molecule has 0 saturated heterocycles. The molecule has 7 heteroatoms. The van der Waals surface area contributed by atoms with E-state index in [2.05, 4.69) is 36.4 Å². The van der Waals surface area contributed by atoms with Gasteiger partial charge in [-0.1, -0.05) is 59.6 Å². The SMILES string of the molecule is Clc1cc(Cl)c2c(c1)[C@H]1CC(c3ccc4ccccc4c3)=NN1[C@H](c1ccc3c(c1)OCO3)O2. The third-order valence-corrected chi connectivity index (χ3v) is 7.07. The highest BCUT2D eigenvalue weighted by molar-refractivity contribution is 6.35. The van der Waals surface area contributed by atoms with Crippen LogP contribution in [-0.4, -0.2) is 17.5 Å². The van der Waals surface area contributed by atoms with E-state index in [1.807, 2.05) is 35.3 Å². The van der Waals surface area contributed by atoms with Crippen molar-refractivity contribution in [2.45, 2.75) is 18.7 Å². The van der Waals surface area contributed by atoms with Gasteiger partial charge in [0.15, 0.2) is 11.5 Å². The van der Waals surface area contributed by atoms with E-state index in [4.69, 9.17) is 42.5 Å². The summed E-state index contributed by atoms with van der Waals surface area (Å²) in [5.74, 6) is 2.07. The minimum atomic E-state index is -0.469. The molecule has 0 N–H and O–H groups in total. The zero-order valence-electron chi connectivity index (χ0n) is 17.9. The Bertz CT molecular complexity index is 1500. The fraction of sp³-hybridized carbons (Fsp3) is 0.148. The smallest absolute Gasteiger partial charge is 0.231 e. The van der Waals surface area contributed by atoms with Crippen LogP contribution in [-0.2, 0) is 0 Å². The predicted octanol–water partition coefficient (Wildman–Crippen LogP) is 7.12. The first-order valence-electron chi connectivity index (χ1n) is 11.0. The number of halogens is 2. The van der Waals surface area contributed by atoms with Crippen LogP contribution in [0.15, 0.2) is 77.9 Å². The van der Waals surface area contributed by atoms with Gasteiger partial charge < -0.3 is 14.2 Å². The predicted molar refractivity (Wildman–Crippen MR) is 132 cm³/mol. The van der Waals surface area contributed by atoms with E-state index in [0.717, 1.165) is 28.2 Å². The lowest BCUT2D eigenvalue weighted by atomic mass is 9.95. The summed E-state index contributed by atoms with van der Waals surface area (Å²) in [6, 6.07) is 24.2. The Morgan fingerprint density at radius 2 is 1.71 bits per heavy atom. The molecule has 0 spiro atoms. The van der Waals surface area contributed by atoms with Gasteiger partial charge in [-0.3, -0.25) is 0 Å². The highest BCUT2D eigenvalue weighted by atomic mass is 35.5. The van der Waals surface area contributed by atoms with Gasteiger partial charge in [-0.05, 0) is 52.7 Å². The van der Waals surface area contributed by atoms with E-state index in [0.29, 0.717) is 28.0 Å². The molecular weight excluding hydrogens is 471 g/mol. The first-order chi connectivity index (χ1) is 16.6. The van der Waals surface area contributed by atoms with Crippen LogP contribution in [0.5, 0.6) is 17.2 Å². The Kier molecular flexibility index (Phi) is 4.44. The van der Waals surface area contributed by atoms with Gasteiger partial charge in [0.05, 0.1) is 16.8 Å². The van der Waals surface area contributed by atoms with E-state index in [1.165, 1.54) is 10.8 Å². The summed E-state index contributed by atoms with van der Waals surface area (Å²) in [5, 5.41) is 10.5. The maximum Gasteiger partial charge on any atom is 0.231 e. The average Bonchev–Trinajstić information content (AvgIpc) is 3.50. The van der Waals surface area contributed by atoms with Crippen LogP contribution in [0.3, 0.4) is 0 Å². The Hall–Kier alpha value is -3.41. The Morgan fingerprint density at radius 3 is 2.62 bits per heavy atom. The molecule has 5 nitrogen and oxygen atoms in total. The van der Waals surface area contributed by atoms with Crippen LogP contribution in [0.4, 0.5) is 0 Å². The molecule has 2 atom stereocenters. The van der Waals surface area contributed by atoms with Crippen molar-refractivity contribution in [3.05, 3.63) is 99.5 Å². The summed E-state index contributed by atoms with van der Waals surface area (Å²) >= 11 is 13.0. The van der Waals surface area contributed by atoms with Gasteiger partial charge in [0, 0.05) is 22.6 Å². The molecule has 0 fully saturated rings. The fourth-order valence-electron chi connectivity index (χ4n) is 4.94. The third-order valence-electron chi connectivity index (χ3n) is 6.57. The van der Waals surface area contributed by atoms with Gasteiger partial charge in [-0.2, -0.15) is 5.10 Å². The Labute approximate surface area is 206 Å². The molecule has 0 radical (unpaired) electrons. The quantitative estimate of drug-likeness (QED) is 0.301. The summed E-state index contributed by atoms with van der Waals surface area (Å²) in [6.45, 7) is 0.216. The van der Waals surface area contributed by atoms with E-state index in [1.54, 1.807) is 6.07 Å². The number of nitrogens with zero attached hydrogens (tertiary/aromatic N) is 2. The second-order valence-corrected chi connectivity index (χ2v) is 9.44. The van der Waals surface area contributed by atoms with E-state index < -0.39 is 6.23 Å². The second-order valence-electron chi connectivity index (χ2n) is 8.60. The molecule has 0 unspecified atom stereocenters. The maximum absolute atomic E-state index is 6.59. The molecule has 4 aromatic carbocycles. The molecule has 4 aromatic rings. The van der Waals surface area contributed by atoms with Crippen molar-refractivity contribution in [1.29, 1.82) is 0 Å². The Balaban J connectivity index is 1.35. The van der Waals surface area contributed by atoms with Gasteiger partial charge in [0.25, 0.3) is 0 Å². The summed E-state index contributed by atoms with van der Waals surface area (Å²) in [6.07, 6.45) is 0.246. The lowest BCUT2D eigenvalue weighted by Crippen LogP contribution is -2.33. The minimum absolute atomic E-state index is 0.0585. The summed E-state index contributed by atoms with van der Waals surface area (Å²) in [4.78, 5) is 0. The highest BCUT2D eigenvalue weighted by Gasteiger charge is 2.42. The zero-order valence-corrected chi connectivity index (χ0v) is 19.4. The molecule has 34 heavy (non-hydrogen) atoms. The van der Waals surface area contributed by atoms with Crippen molar-refractivity contribution in [2.24, 2.45) is 5.10 Å². The van der Waals surface area contributed by atoms with Gasteiger partial charge in [0.2, 0.25) is 13.0 Å². The molecule has 0 aliphatic carbocycles. The first-order valence-corrected chi connectivity index (χ1v) is 11.8. The lowest BCUT2D eigenvalue weighted by Gasteiger charge is -2.38. The highest BCUT2D eigenvalue weighted by Crippen LogP contribution is 2.51. The van der Waals surface area contributed by atoms with Crippen molar-refractivity contribution in [2.75, 3.05) is 6.79 Å². The number of rotatable bonds is 2. The number of ether oxygens (including phenoxy) is 3. The average molecular weight is 489 g/mol. The normalized spacial score (nSPS) is 20.1. The molecule has 0 saturated carbocycles. The molecule has 0 amide bonds. The van der Waals surface area contributed by atoms with Gasteiger partial charge >= 0.3 is 0 Å². The van der Waals surface area contributed by atoms with E-state index in [-0.39, 0.29) is 12.8 Å². The summed E-state index contributed by atoms with van der Waals surface area (Å²) in [5.41, 5.74) is 3.93. The van der Waals surface area contributed by atoms with E-state index >= 15 is 0 Å². The molecule has 7 rings (SSSR count). The van der Waals surface area contributed by atoms with Crippen molar-refractivity contribution < 1.29 is 14.2 Å². The van der Waals surface area contributed by atoms with Gasteiger partial charge in [-0.15, -0.1) is 0 Å². The van der Waals surface area contributed by atoms with Crippen LogP contribution >= 0.6 is 23.2 Å². The molecule has 0 aromatic heterocycles. The fourth-order valence-corrected chi connectivity index (χ4v) is 5.50. The topological polar surface area (TPSA) is 43.3 Å². The largest absolute Gasteiger partial charge is 0.463 e. The molecule has 168 valence electrons. The van der Waals surface area contributed by atoms with Gasteiger partial charge in [0.1, 0.15) is 5.75 Å². The number of hydrogen-bond acceptors (Lipinski definition) is 5. The number of fused-ring (bicyclic) bond motifs is 5. The van der Waals surface area contributed by atoms with Crippen LogP contribution in [0.1, 0.15) is 35.4 Å². The maximum atomic E-state index is 6.59.